The van der Waals surface area contributed by atoms with Crippen LogP contribution in [-0.4, -0.2) is 41.3 Å². The van der Waals surface area contributed by atoms with Crippen molar-refractivity contribution < 1.29 is 31.9 Å². The van der Waals surface area contributed by atoms with Gasteiger partial charge in [-0.25, -0.2) is 9.18 Å². The lowest BCUT2D eigenvalue weighted by molar-refractivity contribution is -0.274. The molecule has 36 heavy (non-hydrogen) atoms. The van der Waals surface area contributed by atoms with E-state index in [4.69, 9.17) is 17.3 Å². The van der Waals surface area contributed by atoms with Crippen LogP contribution in [0.4, 0.5) is 33.7 Å². The number of piperidine rings is 1. The molecule has 2 aromatic carbocycles. The van der Waals surface area contributed by atoms with E-state index in [2.05, 4.69) is 15.4 Å². The van der Waals surface area contributed by atoms with E-state index >= 15 is 0 Å². The summed E-state index contributed by atoms with van der Waals surface area (Å²) in [5.74, 6) is -1.31. The number of alkyl halides is 3. The first-order valence-electron chi connectivity index (χ1n) is 11.2. The number of nitrogens with zero attached hydrogens (tertiary/aromatic N) is 1. The average Bonchev–Trinajstić information content (AvgIpc) is 3.05. The van der Waals surface area contributed by atoms with Crippen molar-refractivity contribution in [1.29, 1.82) is 0 Å². The van der Waals surface area contributed by atoms with Gasteiger partial charge in [-0.05, 0) is 68.2 Å². The van der Waals surface area contributed by atoms with Crippen molar-refractivity contribution in [2.75, 3.05) is 10.6 Å². The van der Waals surface area contributed by atoms with Crippen LogP contribution in [-0.2, 0) is 4.79 Å². The molecule has 7 nitrogen and oxygen atoms in total. The SMILES string of the molecule is NC(=O)Nc1cc(Cl)c(OC(F)(F)F)cc1C=CC(=O)N1[C@@H]2CC[C@H]1CC(Nc1ccc(F)cc1)C2. The van der Waals surface area contributed by atoms with E-state index in [0.29, 0.717) is 12.8 Å². The number of nitrogens with two attached hydrogens (primary N) is 1. The van der Waals surface area contributed by atoms with Gasteiger partial charge in [-0.1, -0.05) is 11.6 Å². The second-order valence-electron chi connectivity index (χ2n) is 8.69. The maximum absolute atomic E-state index is 13.2. The Morgan fingerprint density at radius 2 is 1.75 bits per heavy atom. The second-order valence-corrected chi connectivity index (χ2v) is 9.10. The first-order valence-corrected chi connectivity index (χ1v) is 11.5. The molecule has 192 valence electrons. The van der Waals surface area contributed by atoms with Crippen LogP contribution in [0.15, 0.2) is 42.5 Å². The highest BCUT2D eigenvalue weighted by molar-refractivity contribution is 6.32. The molecule has 12 heteroatoms. The summed E-state index contributed by atoms with van der Waals surface area (Å²) in [5.41, 5.74) is 6.03. The van der Waals surface area contributed by atoms with E-state index in [9.17, 15) is 27.2 Å². The van der Waals surface area contributed by atoms with E-state index in [-0.39, 0.29) is 41.1 Å². The zero-order chi connectivity index (χ0) is 26.0. The highest BCUT2D eigenvalue weighted by atomic mass is 35.5. The predicted molar refractivity (Wildman–Crippen MR) is 127 cm³/mol. The van der Waals surface area contributed by atoms with Gasteiger partial charge >= 0.3 is 12.4 Å². The maximum atomic E-state index is 13.2. The molecule has 2 saturated heterocycles. The topological polar surface area (TPSA) is 96.7 Å². The summed E-state index contributed by atoms with van der Waals surface area (Å²) in [6.07, 6.45) is 0.598. The summed E-state index contributed by atoms with van der Waals surface area (Å²) in [6.45, 7) is 0. The van der Waals surface area contributed by atoms with Gasteiger partial charge in [0.25, 0.3) is 0 Å². The van der Waals surface area contributed by atoms with Gasteiger partial charge in [-0.3, -0.25) is 4.79 Å². The van der Waals surface area contributed by atoms with Crippen molar-refractivity contribution in [1.82, 2.24) is 4.90 Å². The minimum atomic E-state index is -4.98. The minimum absolute atomic E-state index is 0.0172. The van der Waals surface area contributed by atoms with Crippen LogP contribution in [0.3, 0.4) is 0 Å². The third-order valence-corrected chi connectivity index (χ3v) is 6.49. The second kappa shape index (κ2) is 10.3. The molecular weight excluding hydrogens is 504 g/mol. The smallest absolute Gasteiger partial charge is 0.404 e. The Morgan fingerprint density at radius 1 is 1.11 bits per heavy atom. The van der Waals surface area contributed by atoms with Crippen LogP contribution >= 0.6 is 11.6 Å². The van der Waals surface area contributed by atoms with E-state index in [1.54, 1.807) is 17.0 Å². The van der Waals surface area contributed by atoms with Gasteiger partial charge in [0.1, 0.15) is 11.6 Å². The average molecular weight is 527 g/mol. The van der Waals surface area contributed by atoms with Crippen molar-refractivity contribution in [3.05, 3.63) is 58.9 Å². The number of amides is 3. The number of carbonyl (C=O) groups excluding carboxylic acids is 2. The first-order chi connectivity index (χ1) is 17.0. The summed E-state index contributed by atoms with van der Waals surface area (Å²) in [6, 6.07) is 7.25. The third-order valence-electron chi connectivity index (χ3n) is 6.20. The molecule has 2 heterocycles. The number of hydrogen-bond acceptors (Lipinski definition) is 4. The Bertz CT molecular complexity index is 1160. The summed E-state index contributed by atoms with van der Waals surface area (Å²) >= 11 is 5.86. The fraction of sp³-hybridized carbons (Fsp3) is 0.333. The van der Waals surface area contributed by atoms with Crippen LogP contribution in [0, 0.1) is 5.82 Å². The zero-order valence-electron chi connectivity index (χ0n) is 18.8. The Balaban J connectivity index is 1.49. The number of anilines is 2. The highest BCUT2D eigenvalue weighted by Crippen LogP contribution is 2.38. The van der Waals surface area contributed by atoms with Crippen molar-refractivity contribution in [3.8, 4) is 5.75 Å². The predicted octanol–water partition coefficient (Wildman–Crippen LogP) is 5.52. The molecule has 2 aromatic rings. The van der Waals surface area contributed by atoms with Gasteiger partial charge in [0.15, 0.2) is 0 Å². The van der Waals surface area contributed by atoms with Crippen molar-refractivity contribution in [3.63, 3.8) is 0 Å². The van der Waals surface area contributed by atoms with E-state index in [1.807, 2.05) is 0 Å². The Kier molecular flexibility index (Phi) is 7.30. The summed E-state index contributed by atoms with van der Waals surface area (Å²) < 4.78 is 55.3. The number of nitrogens with one attached hydrogen (secondary N) is 2. The minimum Gasteiger partial charge on any atom is -0.404 e. The lowest BCUT2D eigenvalue weighted by atomic mass is 9.96. The van der Waals surface area contributed by atoms with Crippen LogP contribution in [0.5, 0.6) is 5.75 Å². The van der Waals surface area contributed by atoms with E-state index in [0.717, 1.165) is 30.7 Å². The number of carbonyl (C=O) groups is 2. The van der Waals surface area contributed by atoms with Crippen LogP contribution in [0.25, 0.3) is 6.08 Å². The van der Waals surface area contributed by atoms with Gasteiger partial charge in [0.2, 0.25) is 5.91 Å². The molecule has 2 fully saturated rings. The van der Waals surface area contributed by atoms with Gasteiger partial charge in [0, 0.05) is 35.5 Å². The number of ether oxygens (including phenoxy) is 1. The summed E-state index contributed by atoms with van der Waals surface area (Å²) in [4.78, 5) is 26.2. The van der Waals surface area contributed by atoms with Crippen LogP contribution < -0.4 is 21.1 Å². The summed E-state index contributed by atoms with van der Waals surface area (Å²) in [5, 5.41) is 5.27. The number of rotatable bonds is 6. The fourth-order valence-corrected chi connectivity index (χ4v) is 5.04. The van der Waals surface area contributed by atoms with Gasteiger partial charge in [0.05, 0.1) is 10.7 Å². The molecule has 4 N–H and O–H groups in total. The number of hydrogen-bond donors (Lipinski definition) is 3. The fourth-order valence-electron chi connectivity index (χ4n) is 4.83. The molecule has 0 saturated carbocycles. The Hall–Kier alpha value is -3.47. The molecule has 2 bridgehead atoms. The van der Waals surface area contributed by atoms with Gasteiger partial charge in [-0.2, -0.15) is 0 Å². The molecule has 0 radical (unpaired) electrons. The molecule has 0 aromatic heterocycles. The molecular formula is C24H23ClF4N4O3. The molecule has 0 aliphatic carbocycles. The van der Waals surface area contributed by atoms with Crippen molar-refractivity contribution in [2.45, 2.75) is 50.2 Å². The first kappa shape index (κ1) is 25.6. The molecule has 3 atom stereocenters. The number of benzene rings is 2. The summed E-state index contributed by atoms with van der Waals surface area (Å²) in [7, 11) is 0. The van der Waals surface area contributed by atoms with Crippen molar-refractivity contribution >= 4 is 41.0 Å². The third kappa shape index (κ3) is 6.20. The number of primary amides is 1. The van der Waals surface area contributed by atoms with Gasteiger partial charge < -0.3 is 26.0 Å². The standard InChI is InChI=1S/C24H23ClF4N4O3/c25-19-12-20(32-23(30)35)13(9-21(19)36-24(27,28)29)1-8-22(34)33-17-6-7-18(33)11-16(10-17)31-15-4-2-14(26)3-5-15/h1-5,8-9,12,16-18,31H,6-7,10-11H2,(H3,30,32,35)/t16?,17-,18+. The quantitative estimate of drug-likeness (QED) is 0.341. The number of urea groups is 1. The number of fused-ring (bicyclic) bond motifs is 2. The molecule has 0 spiro atoms. The maximum Gasteiger partial charge on any atom is 0.573 e. The van der Waals surface area contributed by atoms with Crippen molar-refractivity contribution in [2.24, 2.45) is 5.73 Å². The largest absolute Gasteiger partial charge is 0.573 e. The Labute approximate surface area is 209 Å². The molecule has 2 aliphatic rings. The molecule has 3 amide bonds. The molecule has 1 unspecified atom stereocenters. The van der Waals surface area contributed by atoms with E-state index < -0.39 is 23.2 Å². The molecule has 2 aliphatic heterocycles. The van der Waals surface area contributed by atoms with E-state index in [1.165, 1.54) is 24.3 Å². The molecule has 4 rings (SSSR count). The lowest BCUT2D eigenvalue weighted by Gasteiger charge is -2.39. The normalized spacial score (nSPS) is 21.5. The van der Waals surface area contributed by atoms with Gasteiger partial charge in [-0.15, -0.1) is 13.2 Å². The monoisotopic (exact) mass is 526 g/mol. The highest BCUT2D eigenvalue weighted by Gasteiger charge is 2.42. The Morgan fingerprint density at radius 3 is 2.33 bits per heavy atom. The number of halogens is 5. The zero-order valence-corrected chi connectivity index (χ0v) is 19.6. The lowest BCUT2D eigenvalue weighted by Crippen LogP contribution is -2.49. The van der Waals surface area contributed by atoms with Crippen LogP contribution in [0.2, 0.25) is 5.02 Å². The van der Waals surface area contributed by atoms with Crippen LogP contribution in [0.1, 0.15) is 31.2 Å².